The van der Waals surface area contributed by atoms with Gasteiger partial charge in [0.05, 0.1) is 26.5 Å². The second-order valence-electron chi connectivity index (χ2n) is 6.91. The number of aromatic nitrogens is 1. The van der Waals surface area contributed by atoms with Gasteiger partial charge in [-0.15, -0.1) is 12.4 Å². The molecule has 0 spiro atoms. The van der Waals surface area contributed by atoms with Crippen LogP contribution in [0.25, 0.3) is 0 Å². The molecule has 0 radical (unpaired) electrons. The normalized spacial score (nSPS) is 12.5. The van der Waals surface area contributed by atoms with Gasteiger partial charge < -0.3 is 29.4 Å². The number of halogens is 1. The number of nitrogens with zero attached hydrogens (tertiary/aromatic N) is 2. The van der Waals surface area contributed by atoms with Crippen LogP contribution in [0.15, 0.2) is 47.2 Å². The molecule has 2 aromatic carbocycles. The average molecular weight is 446 g/mol. The number of amides is 1. The second-order valence-corrected chi connectivity index (χ2v) is 6.91. The molecule has 8 nitrogen and oxygen atoms in total. The summed E-state index contributed by atoms with van der Waals surface area (Å²) in [5.74, 6) is 2.06. The van der Waals surface area contributed by atoms with Crippen molar-refractivity contribution in [3.8, 4) is 23.0 Å². The molecule has 1 aromatic heterocycles. The number of hydrogen-bond acceptors (Lipinski definition) is 7. The zero-order valence-corrected chi connectivity index (χ0v) is 18.1. The standard InChI is InChI=1S/C22H23N3O5.ClH/c1-27-19-6-4-14(22(26)25-8-7-18-16(12-25)13-29-24-18)9-21(19)30-17-5-3-15(11-23)20(10-17)28-2;/h3-6,9-10,13H,7-8,11-12,23H2,1-2H3;1H. The third kappa shape index (κ3) is 4.60. The summed E-state index contributed by atoms with van der Waals surface area (Å²) >= 11 is 0. The lowest BCUT2D eigenvalue weighted by Gasteiger charge is -2.26. The number of carbonyl (C=O) groups excluding carboxylic acids is 1. The van der Waals surface area contributed by atoms with Crippen molar-refractivity contribution in [1.29, 1.82) is 0 Å². The maximum Gasteiger partial charge on any atom is 0.254 e. The van der Waals surface area contributed by atoms with Gasteiger partial charge in [-0.3, -0.25) is 4.79 Å². The Kier molecular flexibility index (Phi) is 7.04. The molecule has 31 heavy (non-hydrogen) atoms. The highest BCUT2D eigenvalue weighted by Gasteiger charge is 2.25. The van der Waals surface area contributed by atoms with Crippen molar-refractivity contribution < 1.29 is 23.5 Å². The number of methoxy groups -OCH3 is 2. The molecular formula is C22H24ClN3O5. The van der Waals surface area contributed by atoms with Gasteiger partial charge in [0.1, 0.15) is 17.8 Å². The van der Waals surface area contributed by atoms with E-state index in [0.29, 0.717) is 54.6 Å². The summed E-state index contributed by atoms with van der Waals surface area (Å²) < 4.78 is 21.8. The van der Waals surface area contributed by atoms with Gasteiger partial charge >= 0.3 is 0 Å². The molecule has 2 heterocycles. The van der Waals surface area contributed by atoms with Crippen LogP contribution in [0.2, 0.25) is 0 Å². The van der Waals surface area contributed by atoms with Crippen LogP contribution in [0.3, 0.4) is 0 Å². The number of carbonyl (C=O) groups is 1. The fourth-order valence-electron chi connectivity index (χ4n) is 3.47. The first-order valence-corrected chi connectivity index (χ1v) is 9.57. The maximum absolute atomic E-state index is 13.1. The van der Waals surface area contributed by atoms with Crippen LogP contribution in [-0.2, 0) is 19.5 Å². The lowest BCUT2D eigenvalue weighted by atomic mass is 10.1. The molecular weight excluding hydrogens is 422 g/mol. The van der Waals surface area contributed by atoms with E-state index < -0.39 is 0 Å². The summed E-state index contributed by atoms with van der Waals surface area (Å²) in [6, 6.07) is 10.6. The van der Waals surface area contributed by atoms with Crippen LogP contribution in [0.5, 0.6) is 23.0 Å². The highest BCUT2D eigenvalue weighted by Crippen LogP contribution is 2.35. The van der Waals surface area contributed by atoms with Crippen LogP contribution >= 0.6 is 12.4 Å². The number of nitrogens with two attached hydrogens (primary N) is 1. The maximum atomic E-state index is 13.1. The van der Waals surface area contributed by atoms with Gasteiger partial charge in [-0.25, -0.2) is 0 Å². The highest BCUT2D eigenvalue weighted by molar-refractivity contribution is 5.95. The highest BCUT2D eigenvalue weighted by atomic mass is 35.5. The summed E-state index contributed by atoms with van der Waals surface area (Å²) in [4.78, 5) is 14.8. The minimum atomic E-state index is -0.0922. The monoisotopic (exact) mass is 445 g/mol. The molecule has 0 bridgehead atoms. The van der Waals surface area contributed by atoms with Gasteiger partial charge in [-0.2, -0.15) is 0 Å². The molecule has 0 atom stereocenters. The Morgan fingerprint density at radius 1 is 1.13 bits per heavy atom. The molecule has 1 amide bonds. The molecule has 0 saturated carbocycles. The predicted molar refractivity (Wildman–Crippen MR) is 116 cm³/mol. The fourth-order valence-corrected chi connectivity index (χ4v) is 3.47. The van der Waals surface area contributed by atoms with Gasteiger partial charge in [0, 0.05) is 42.3 Å². The molecule has 0 aliphatic carbocycles. The van der Waals surface area contributed by atoms with E-state index in [9.17, 15) is 4.79 Å². The zero-order chi connectivity index (χ0) is 21.1. The average Bonchev–Trinajstić information content (AvgIpc) is 3.26. The van der Waals surface area contributed by atoms with E-state index in [1.54, 1.807) is 55.7 Å². The summed E-state index contributed by atoms with van der Waals surface area (Å²) in [5.41, 5.74) is 8.96. The predicted octanol–water partition coefficient (Wildman–Crippen LogP) is 3.56. The Hall–Kier alpha value is -3.23. The topological polar surface area (TPSA) is 100 Å². The second kappa shape index (κ2) is 9.72. The van der Waals surface area contributed by atoms with E-state index in [-0.39, 0.29) is 18.3 Å². The van der Waals surface area contributed by atoms with Crippen molar-refractivity contribution >= 4 is 18.3 Å². The van der Waals surface area contributed by atoms with E-state index in [2.05, 4.69) is 5.16 Å². The molecule has 0 saturated heterocycles. The fraction of sp³-hybridized carbons (Fsp3) is 0.273. The Morgan fingerprint density at radius 2 is 1.94 bits per heavy atom. The molecule has 3 aromatic rings. The third-order valence-corrected chi connectivity index (χ3v) is 5.11. The molecule has 2 N–H and O–H groups in total. The van der Waals surface area contributed by atoms with Crippen LogP contribution in [0.4, 0.5) is 0 Å². The summed E-state index contributed by atoms with van der Waals surface area (Å²) in [7, 11) is 3.14. The summed E-state index contributed by atoms with van der Waals surface area (Å²) in [5, 5.41) is 3.97. The van der Waals surface area contributed by atoms with E-state index in [4.69, 9.17) is 24.5 Å². The van der Waals surface area contributed by atoms with Crippen molar-refractivity contribution in [2.45, 2.75) is 19.5 Å². The van der Waals surface area contributed by atoms with Gasteiger partial charge in [0.2, 0.25) is 0 Å². The molecule has 164 valence electrons. The van der Waals surface area contributed by atoms with Gasteiger partial charge in [0.25, 0.3) is 5.91 Å². The minimum absolute atomic E-state index is 0. The van der Waals surface area contributed by atoms with E-state index in [1.807, 2.05) is 6.07 Å². The zero-order valence-electron chi connectivity index (χ0n) is 17.3. The minimum Gasteiger partial charge on any atom is -0.496 e. The van der Waals surface area contributed by atoms with Crippen LogP contribution in [-0.4, -0.2) is 36.7 Å². The first kappa shape index (κ1) is 22.5. The van der Waals surface area contributed by atoms with Crippen molar-refractivity contribution in [2.24, 2.45) is 5.73 Å². The quantitative estimate of drug-likeness (QED) is 0.619. The molecule has 0 unspecified atom stereocenters. The molecule has 1 aliphatic heterocycles. The number of rotatable bonds is 6. The third-order valence-electron chi connectivity index (χ3n) is 5.11. The van der Waals surface area contributed by atoms with Crippen LogP contribution in [0.1, 0.15) is 27.2 Å². The lowest BCUT2D eigenvalue weighted by Crippen LogP contribution is -2.35. The van der Waals surface area contributed by atoms with Gasteiger partial charge in [0.15, 0.2) is 11.5 Å². The summed E-state index contributed by atoms with van der Waals surface area (Å²) in [6.45, 7) is 1.41. The molecule has 0 fully saturated rings. The first-order chi connectivity index (χ1) is 14.6. The Bertz CT molecular complexity index is 1070. The number of fused-ring (bicyclic) bond motifs is 1. The summed E-state index contributed by atoms with van der Waals surface area (Å²) in [6.07, 6.45) is 2.26. The molecule has 9 heteroatoms. The van der Waals surface area contributed by atoms with Crippen molar-refractivity contribution in [1.82, 2.24) is 10.1 Å². The van der Waals surface area contributed by atoms with E-state index in [0.717, 1.165) is 16.8 Å². The molecule has 4 rings (SSSR count). The van der Waals surface area contributed by atoms with Crippen molar-refractivity contribution in [3.63, 3.8) is 0 Å². The van der Waals surface area contributed by atoms with Crippen molar-refractivity contribution in [2.75, 3.05) is 20.8 Å². The van der Waals surface area contributed by atoms with Crippen LogP contribution in [0, 0.1) is 0 Å². The van der Waals surface area contributed by atoms with E-state index in [1.165, 1.54) is 0 Å². The Balaban J connectivity index is 0.00000272. The first-order valence-electron chi connectivity index (χ1n) is 9.57. The number of ether oxygens (including phenoxy) is 3. The lowest BCUT2D eigenvalue weighted by molar-refractivity contribution is 0.0734. The van der Waals surface area contributed by atoms with Gasteiger partial charge in [-0.1, -0.05) is 11.2 Å². The Labute approximate surface area is 186 Å². The largest absolute Gasteiger partial charge is 0.496 e. The smallest absolute Gasteiger partial charge is 0.254 e. The molecule has 1 aliphatic rings. The Morgan fingerprint density at radius 3 is 2.68 bits per heavy atom. The van der Waals surface area contributed by atoms with Crippen LogP contribution < -0.4 is 19.9 Å². The SMILES string of the molecule is COc1cc(Oc2cc(C(=O)N3CCc4nocc4C3)ccc2OC)ccc1CN.Cl. The number of benzene rings is 2. The number of hydrogen-bond donors (Lipinski definition) is 1. The van der Waals surface area contributed by atoms with Crippen molar-refractivity contribution in [3.05, 3.63) is 65.0 Å². The van der Waals surface area contributed by atoms with E-state index >= 15 is 0 Å². The van der Waals surface area contributed by atoms with Gasteiger partial charge in [-0.05, 0) is 24.3 Å².